The molecule has 2 N–H and O–H groups in total. The van der Waals surface area contributed by atoms with E-state index in [1.807, 2.05) is 13.0 Å². The molecule has 8 nitrogen and oxygen atoms in total. The van der Waals surface area contributed by atoms with E-state index < -0.39 is 15.8 Å². The summed E-state index contributed by atoms with van der Waals surface area (Å²) in [6.07, 6.45) is 0. The van der Waals surface area contributed by atoms with Gasteiger partial charge in [-0.05, 0) is 54.3 Å². The Kier molecular flexibility index (Phi) is 9.58. The number of nitrogens with zero attached hydrogens (tertiary/aromatic N) is 1. The number of methoxy groups -OCH3 is 1. The van der Waals surface area contributed by atoms with Gasteiger partial charge < -0.3 is 14.6 Å². The van der Waals surface area contributed by atoms with Crippen molar-refractivity contribution in [3.8, 4) is 16.9 Å². The summed E-state index contributed by atoms with van der Waals surface area (Å²) in [4.78, 5) is 10.7. The van der Waals surface area contributed by atoms with Crippen LogP contribution >= 0.6 is 0 Å². The fraction of sp³-hybridized carbons (Fsp3) is 0.409. The highest BCUT2D eigenvalue weighted by Crippen LogP contribution is 2.31. The van der Waals surface area contributed by atoms with Gasteiger partial charge in [0.15, 0.2) is 11.6 Å². The van der Waals surface area contributed by atoms with Gasteiger partial charge in [-0.1, -0.05) is 12.1 Å². The molecular weight excluding hydrogens is 439 g/mol. The van der Waals surface area contributed by atoms with Gasteiger partial charge in [-0.15, -0.1) is 0 Å². The highest BCUT2D eigenvalue weighted by atomic mass is 32.2. The van der Waals surface area contributed by atoms with Gasteiger partial charge in [-0.3, -0.25) is 9.69 Å². The molecule has 32 heavy (non-hydrogen) atoms. The van der Waals surface area contributed by atoms with E-state index in [-0.39, 0.29) is 17.1 Å². The Morgan fingerprint density at radius 1 is 1.19 bits per heavy atom. The van der Waals surface area contributed by atoms with Crippen LogP contribution < -0.4 is 9.46 Å². The smallest absolute Gasteiger partial charge is 0.290 e. The first kappa shape index (κ1) is 25.7. The first-order valence-electron chi connectivity index (χ1n) is 10.1. The van der Waals surface area contributed by atoms with Gasteiger partial charge in [0, 0.05) is 26.2 Å². The van der Waals surface area contributed by atoms with Crippen molar-refractivity contribution in [3.63, 3.8) is 0 Å². The third-order valence-electron chi connectivity index (χ3n) is 5.10. The molecule has 0 aromatic heterocycles. The number of sulfonamides is 1. The van der Waals surface area contributed by atoms with Crippen molar-refractivity contribution in [1.29, 1.82) is 0 Å². The van der Waals surface area contributed by atoms with E-state index in [0.29, 0.717) is 43.0 Å². The zero-order valence-corrected chi connectivity index (χ0v) is 19.2. The number of morpholine rings is 1. The molecule has 10 heteroatoms. The van der Waals surface area contributed by atoms with Crippen LogP contribution in [0.15, 0.2) is 35.2 Å². The van der Waals surface area contributed by atoms with Crippen LogP contribution in [0.2, 0.25) is 0 Å². The quantitative estimate of drug-likeness (QED) is 0.602. The Bertz CT molecular complexity index is 1020. The van der Waals surface area contributed by atoms with Crippen molar-refractivity contribution >= 4 is 16.5 Å². The van der Waals surface area contributed by atoms with Gasteiger partial charge in [0.05, 0.1) is 25.2 Å². The predicted octanol–water partition coefficient (Wildman–Crippen LogP) is 2.43. The molecule has 3 rings (SSSR count). The van der Waals surface area contributed by atoms with Crippen molar-refractivity contribution in [3.05, 3.63) is 47.3 Å². The number of benzene rings is 2. The highest BCUT2D eigenvalue weighted by Gasteiger charge is 2.20. The van der Waals surface area contributed by atoms with Crippen LogP contribution in [0.4, 0.5) is 4.39 Å². The summed E-state index contributed by atoms with van der Waals surface area (Å²) in [5.41, 5.74) is 2.80. The summed E-state index contributed by atoms with van der Waals surface area (Å²) < 4.78 is 52.9. The molecule has 0 spiro atoms. The summed E-state index contributed by atoms with van der Waals surface area (Å²) in [5, 5.41) is 6.89. The van der Waals surface area contributed by atoms with E-state index in [0.717, 1.165) is 18.7 Å². The van der Waals surface area contributed by atoms with Crippen molar-refractivity contribution < 1.29 is 32.2 Å². The number of hydrogen-bond acceptors (Lipinski definition) is 6. The molecule has 1 heterocycles. The minimum absolute atomic E-state index is 0.149. The first-order chi connectivity index (χ1) is 15.2. The van der Waals surface area contributed by atoms with E-state index in [1.54, 1.807) is 25.1 Å². The summed E-state index contributed by atoms with van der Waals surface area (Å²) in [5.74, 6) is -0.339. The molecule has 0 atom stereocenters. The minimum Gasteiger partial charge on any atom is -0.494 e. The number of carbonyl (C=O) groups is 1. The molecule has 0 radical (unpaired) electrons. The lowest BCUT2D eigenvalue weighted by Gasteiger charge is -2.26. The van der Waals surface area contributed by atoms with Crippen molar-refractivity contribution in [2.24, 2.45) is 0 Å². The Morgan fingerprint density at radius 2 is 1.84 bits per heavy atom. The van der Waals surface area contributed by atoms with Gasteiger partial charge in [-0.2, -0.15) is 0 Å². The number of aryl methyl sites for hydroxylation is 2. The van der Waals surface area contributed by atoms with Gasteiger partial charge in [0.25, 0.3) is 6.47 Å². The highest BCUT2D eigenvalue weighted by molar-refractivity contribution is 7.89. The zero-order chi connectivity index (χ0) is 23.7. The lowest BCUT2D eigenvalue weighted by atomic mass is 9.98. The van der Waals surface area contributed by atoms with Crippen LogP contribution in [0, 0.1) is 19.7 Å². The molecule has 2 aromatic rings. The van der Waals surface area contributed by atoms with Crippen LogP contribution in [0.25, 0.3) is 11.1 Å². The average Bonchev–Trinajstić information content (AvgIpc) is 2.75. The normalized spacial score (nSPS) is 14.4. The molecule has 176 valence electrons. The fourth-order valence-electron chi connectivity index (χ4n) is 3.51. The summed E-state index contributed by atoms with van der Waals surface area (Å²) in [6.45, 7) is 7.30. The second kappa shape index (κ2) is 11.9. The van der Waals surface area contributed by atoms with E-state index >= 15 is 0 Å². The van der Waals surface area contributed by atoms with E-state index in [1.165, 1.54) is 13.2 Å². The van der Waals surface area contributed by atoms with Gasteiger partial charge in [-0.25, -0.2) is 17.5 Å². The molecule has 1 fully saturated rings. The van der Waals surface area contributed by atoms with Crippen LogP contribution in [0.1, 0.15) is 11.1 Å². The largest absolute Gasteiger partial charge is 0.494 e. The summed E-state index contributed by atoms with van der Waals surface area (Å²) in [6, 6.07) is 8.05. The van der Waals surface area contributed by atoms with Gasteiger partial charge in [0.1, 0.15) is 0 Å². The zero-order valence-electron chi connectivity index (χ0n) is 18.4. The molecule has 0 unspecified atom stereocenters. The molecule has 1 aliphatic heterocycles. The number of hydrogen-bond donors (Lipinski definition) is 2. The average molecular weight is 469 g/mol. The van der Waals surface area contributed by atoms with Crippen molar-refractivity contribution in [1.82, 2.24) is 9.62 Å². The van der Waals surface area contributed by atoms with Crippen molar-refractivity contribution in [2.75, 3.05) is 46.5 Å². The van der Waals surface area contributed by atoms with Crippen LogP contribution in [0.5, 0.6) is 5.75 Å². The standard InChI is InChI=1S/C21H27FN2O4S.CH2O2/c1-15-12-16(2)21(14-18(15)17-4-5-20(27-3)19(22)13-17)29(25,26)23-6-7-24-8-10-28-11-9-24;2-1-3/h4-5,12-14,23H,6-11H2,1-3H3;1H,(H,2,3). The number of nitrogens with one attached hydrogen (secondary N) is 1. The maximum absolute atomic E-state index is 14.2. The molecule has 2 aromatic carbocycles. The maximum Gasteiger partial charge on any atom is 0.290 e. The first-order valence-corrected chi connectivity index (χ1v) is 11.5. The van der Waals surface area contributed by atoms with Crippen LogP contribution in [0.3, 0.4) is 0 Å². The van der Waals surface area contributed by atoms with Crippen LogP contribution in [-0.2, 0) is 19.6 Å². The van der Waals surface area contributed by atoms with Crippen LogP contribution in [-0.4, -0.2) is 71.4 Å². The SMILES string of the molecule is COc1ccc(-c2cc(S(=O)(=O)NCCN3CCOCC3)c(C)cc2C)cc1F.O=CO. The molecule has 1 saturated heterocycles. The topological polar surface area (TPSA) is 105 Å². The molecule has 1 aliphatic rings. The third kappa shape index (κ3) is 6.73. The van der Waals surface area contributed by atoms with E-state index in [9.17, 15) is 12.8 Å². The number of rotatable bonds is 7. The lowest BCUT2D eigenvalue weighted by molar-refractivity contribution is -0.122. The minimum atomic E-state index is -3.69. The Morgan fingerprint density at radius 3 is 2.44 bits per heavy atom. The molecule has 0 aliphatic carbocycles. The Labute approximate surface area is 188 Å². The fourth-order valence-corrected chi connectivity index (χ4v) is 4.78. The molecular formula is C22H29FN2O6S. The van der Waals surface area contributed by atoms with Gasteiger partial charge in [0.2, 0.25) is 10.0 Å². The second-order valence-corrected chi connectivity index (χ2v) is 8.97. The van der Waals surface area contributed by atoms with E-state index in [4.69, 9.17) is 19.4 Å². The Balaban J connectivity index is 0.00000114. The van der Waals surface area contributed by atoms with E-state index in [2.05, 4.69) is 9.62 Å². The lowest BCUT2D eigenvalue weighted by Crippen LogP contribution is -2.41. The molecule has 0 amide bonds. The Hall–Kier alpha value is -2.53. The monoisotopic (exact) mass is 468 g/mol. The van der Waals surface area contributed by atoms with Gasteiger partial charge >= 0.3 is 0 Å². The summed E-state index contributed by atoms with van der Waals surface area (Å²) >= 11 is 0. The number of carboxylic acid groups (broad SMARTS) is 1. The predicted molar refractivity (Wildman–Crippen MR) is 119 cm³/mol. The summed E-state index contributed by atoms with van der Waals surface area (Å²) in [7, 11) is -2.28. The number of halogens is 1. The maximum atomic E-state index is 14.2. The molecule has 0 saturated carbocycles. The third-order valence-corrected chi connectivity index (χ3v) is 6.70. The van der Waals surface area contributed by atoms with Crippen molar-refractivity contribution in [2.45, 2.75) is 18.7 Å². The second-order valence-electron chi connectivity index (χ2n) is 7.24. The number of ether oxygens (including phenoxy) is 2. The molecule has 0 bridgehead atoms.